The largest absolute Gasteiger partial charge is 0.492 e. The van der Waals surface area contributed by atoms with Gasteiger partial charge in [-0.15, -0.1) is 11.3 Å². The maximum absolute atomic E-state index is 12.6. The first-order valence-electron chi connectivity index (χ1n) is 10.5. The molecule has 2 heterocycles. The highest BCUT2D eigenvalue weighted by molar-refractivity contribution is 7.90. The summed E-state index contributed by atoms with van der Waals surface area (Å²) in [6, 6.07) is 20.6. The zero-order chi connectivity index (χ0) is 24.0. The van der Waals surface area contributed by atoms with Crippen LogP contribution in [0.5, 0.6) is 5.75 Å². The Morgan fingerprint density at radius 1 is 1.12 bits per heavy atom. The van der Waals surface area contributed by atoms with Crippen LogP contribution in [-0.2, 0) is 14.6 Å². The van der Waals surface area contributed by atoms with Crippen LogP contribution in [0.4, 0.5) is 5.69 Å². The molecule has 0 fully saturated rings. The fraction of sp³-hybridized carbons (Fsp3) is 0.120. The number of anilines is 1. The van der Waals surface area contributed by atoms with Crippen LogP contribution >= 0.6 is 11.3 Å². The van der Waals surface area contributed by atoms with Crippen molar-refractivity contribution in [1.29, 1.82) is 0 Å². The highest BCUT2D eigenvalue weighted by atomic mass is 32.2. The lowest BCUT2D eigenvalue weighted by atomic mass is 10.2. The molecule has 0 saturated carbocycles. The Morgan fingerprint density at radius 2 is 1.94 bits per heavy atom. The van der Waals surface area contributed by atoms with Crippen molar-refractivity contribution in [2.24, 2.45) is 0 Å². The lowest BCUT2D eigenvalue weighted by molar-refractivity contribution is -0.111. The first-order chi connectivity index (χ1) is 16.4. The molecule has 4 rings (SSSR count). The zero-order valence-corrected chi connectivity index (χ0v) is 20.1. The molecule has 0 bridgehead atoms. The number of ether oxygens (including phenoxy) is 1. The number of nitrogens with zero attached hydrogens (tertiary/aromatic N) is 2. The Kier molecular flexibility index (Phi) is 7.24. The summed E-state index contributed by atoms with van der Waals surface area (Å²) >= 11 is 1.58. The van der Waals surface area contributed by atoms with Crippen LogP contribution in [0.1, 0.15) is 5.56 Å². The quantitative estimate of drug-likeness (QED) is 0.342. The lowest BCUT2D eigenvalue weighted by Gasteiger charge is -2.08. The molecule has 0 atom stereocenters. The van der Waals surface area contributed by atoms with Crippen LogP contribution in [0, 0.1) is 0 Å². The number of amides is 1. The predicted octanol–water partition coefficient (Wildman–Crippen LogP) is 4.68. The fourth-order valence-electron chi connectivity index (χ4n) is 3.15. The first-order valence-corrected chi connectivity index (χ1v) is 13.4. The summed E-state index contributed by atoms with van der Waals surface area (Å²) < 4.78 is 29.8. The molecule has 9 heteroatoms. The van der Waals surface area contributed by atoms with Gasteiger partial charge in [0.25, 0.3) is 0 Å². The maximum atomic E-state index is 12.6. The van der Waals surface area contributed by atoms with Crippen molar-refractivity contribution in [3.63, 3.8) is 0 Å². The smallest absolute Gasteiger partial charge is 0.248 e. The molecule has 4 aromatic rings. The standard InChI is InChI=1S/C25H23N3O4S2/c1-34(30,31)16-14-32-22-10-5-7-20(17-22)26-24(29)13-12-19-18-28(21-8-3-2-4-9-21)27-25(19)23-11-6-15-33-23/h2-13,15,17-18H,14,16H2,1H3,(H,26,29). The topological polar surface area (TPSA) is 90.3 Å². The summed E-state index contributed by atoms with van der Waals surface area (Å²) in [5.74, 6) is 0.0997. The third-order valence-corrected chi connectivity index (χ3v) is 6.54. The third-order valence-electron chi connectivity index (χ3n) is 4.76. The fourth-order valence-corrected chi connectivity index (χ4v) is 4.27. The van der Waals surface area contributed by atoms with Crippen molar-refractivity contribution >= 4 is 38.8 Å². The van der Waals surface area contributed by atoms with Crippen molar-refractivity contribution in [2.75, 3.05) is 23.9 Å². The van der Waals surface area contributed by atoms with Crippen molar-refractivity contribution in [1.82, 2.24) is 9.78 Å². The Bertz CT molecular complexity index is 1390. The molecule has 0 aliphatic heterocycles. The van der Waals surface area contributed by atoms with Gasteiger partial charge in [0.05, 0.1) is 16.3 Å². The molecule has 1 amide bonds. The SMILES string of the molecule is CS(=O)(=O)CCOc1cccc(NC(=O)C=Cc2cn(-c3ccccc3)nc2-c2cccs2)c1. The second-order valence-electron chi connectivity index (χ2n) is 7.52. The van der Waals surface area contributed by atoms with Gasteiger partial charge in [-0.05, 0) is 41.8 Å². The Labute approximate surface area is 202 Å². The summed E-state index contributed by atoms with van der Waals surface area (Å²) in [6.45, 7) is 0.0486. The van der Waals surface area contributed by atoms with Crippen molar-refractivity contribution in [3.05, 3.63) is 89.9 Å². The van der Waals surface area contributed by atoms with E-state index < -0.39 is 9.84 Å². The number of benzene rings is 2. The number of para-hydroxylation sites is 1. The summed E-state index contributed by atoms with van der Waals surface area (Å²) in [6.07, 6.45) is 6.25. The van der Waals surface area contributed by atoms with E-state index in [0.29, 0.717) is 11.4 Å². The van der Waals surface area contributed by atoms with Crippen LogP contribution in [0.15, 0.2) is 84.4 Å². The van der Waals surface area contributed by atoms with Gasteiger partial charge in [-0.2, -0.15) is 5.10 Å². The minimum atomic E-state index is -3.10. The Balaban J connectivity index is 1.48. The van der Waals surface area contributed by atoms with Gasteiger partial charge >= 0.3 is 0 Å². The van der Waals surface area contributed by atoms with Crippen LogP contribution in [0.25, 0.3) is 22.3 Å². The lowest BCUT2D eigenvalue weighted by Crippen LogP contribution is -2.12. The second-order valence-corrected chi connectivity index (χ2v) is 10.7. The number of rotatable bonds is 9. The van der Waals surface area contributed by atoms with E-state index in [9.17, 15) is 13.2 Å². The number of hydrogen-bond acceptors (Lipinski definition) is 6. The van der Waals surface area contributed by atoms with E-state index in [1.54, 1.807) is 46.4 Å². The van der Waals surface area contributed by atoms with Gasteiger partial charge in [-0.1, -0.05) is 30.3 Å². The molecule has 0 spiro atoms. The number of carbonyl (C=O) groups is 1. The number of sulfone groups is 1. The third kappa shape index (κ3) is 6.43. The molecule has 0 saturated heterocycles. The van der Waals surface area contributed by atoms with Gasteiger partial charge in [0.2, 0.25) is 5.91 Å². The Morgan fingerprint density at radius 3 is 2.68 bits per heavy atom. The van der Waals surface area contributed by atoms with E-state index in [2.05, 4.69) is 5.32 Å². The molecule has 1 N–H and O–H groups in total. The van der Waals surface area contributed by atoms with E-state index in [1.807, 2.05) is 54.0 Å². The number of carbonyl (C=O) groups excluding carboxylic acids is 1. The van der Waals surface area contributed by atoms with E-state index in [0.717, 1.165) is 28.1 Å². The summed E-state index contributed by atoms with van der Waals surface area (Å²) in [5.41, 5.74) is 3.09. The number of aromatic nitrogens is 2. The van der Waals surface area contributed by atoms with Gasteiger partial charge in [0, 0.05) is 35.8 Å². The minimum absolute atomic E-state index is 0.0486. The number of hydrogen-bond donors (Lipinski definition) is 1. The van der Waals surface area contributed by atoms with Crippen molar-refractivity contribution in [3.8, 4) is 22.0 Å². The van der Waals surface area contributed by atoms with Gasteiger partial charge in [-0.3, -0.25) is 4.79 Å². The molecule has 7 nitrogen and oxygen atoms in total. The van der Waals surface area contributed by atoms with Gasteiger partial charge in [0.15, 0.2) is 9.84 Å². The molecular weight excluding hydrogens is 470 g/mol. The average Bonchev–Trinajstić information content (AvgIpc) is 3.48. The average molecular weight is 494 g/mol. The van der Waals surface area contributed by atoms with Crippen LogP contribution in [-0.4, -0.2) is 42.7 Å². The monoisotopic (exact) mass is 493 g/mol. The summed E-state index contributed by atoms with van der Waals surface area (Å²) in [4.78, 5) is 13.6. The van der Waals surface area contributed by atoms with E-state index in [4.69, 9.17) is 9.84 Å². The molecule has 174 valence electrons. The highest BCUT2D eigenvalue weighted by Crippen LogP contribution is 2.28. The van der Waals surface area contributed by atoms with Gasteiger partial charge in [0.1, 0.15) is 18.1 Å². The molecular formula is C25H23N3O4S2. The molecule has 34 heavy (non-hydrogen) atoms. The van der Waals surface area contributed by atoms with Crippen LogP contribution < -0.4 is 10.1 Å². The summed E-state index contributed by atoms with van der Waals surface area (Å²) in [7, 11) is -3.10. The van der Waals surface area contributed by atoms with Gasteiger partial charge < -0.3 is 10.1 Å². The molecule has 0 aliphatic carbocycles. The number of nitrogens with one attached hydrogen (secondary N) is 1. The van der Waals surface area contributed by atoms with Gasteiger partial charge in [-0.25, -0.2) is 13.1 Å². The molecule has 2 aromatic carbocycles. The molecule has 0 aliphatic rings. The van der Waals surface area contributed by atoms with E-state index >= 15 is 0 Å². The minimum Gasteiger partial charge on any atom is -0.492 e. The van der Waals surface area contributed by atoms with Crippen LogP contribution in [0.3, 0.4) is 0 Å². The second kappa shape index (κ2) is 10.5. The van der Waals surface area contributed by atoms with Crippen molar-refractivity contribution in [2.45, 2.75) is 0 Å². The van der Waals surface area contributed by atoms with Crippen LogP contribution in [0.2, 0.25) is 0 Å². The molecule has 2 aromatic heterocycles. The molecule has 0 radical (unpaired) electrons. The van der Waals surface area contributed by atoms with E-state index in [-0.39, 0.29) is 18.3 Å². The molecule has 0 unspecified atom stereocenters. The highest BCUT2D eigenvalue weighted by Gasteiger charge is 2.12. The van der Waals surface area contributed by atoms with E-state index in [1.165, 1.54) is 6.08 Å². The summed E-state index contributed by atoms with van der Waals surface area (Å²) in [5, 5.41) is 9.52. The maximum Gasteiger partial charge on any atom is 0.248 e. The van der Waals surface area contributed by atoms with Crippen molar-refractivity contribution < 1.29 is 17.9 Å². The zero-order valence-electron chi connectivity index (χ0n) is 18.4. The number of thiophene rings is 1. The predicted molar refractivity (Wildman–Crippen MR) is 136 cm³/mol. The normalized spacial score (nSPS) is 11.6. The Hall–Kier alpha value is -3.69. The first kappa shape index (κ1) is 23.5.